The summed E-state index contributed by atoms with van der Waals surface area (Å²) < 4.78 is 5.56. The number of ether oxygens (including phenoxy) is 1. The summed E-state index contributed by atoms with van der Waals surface area (Å²) >= 11 is 0. The van der Waals surface area contributed by atoms with E-state index in [9.17, 15) is 4.79 Å². The first-order chi connectivity index (χ1) is 7.73. The average Bonchev–Trinajstić information content (AvgIpc) is 2.95. The summed E-state index contributed by atoms with van der Waals surface area (Å²) in [4.78, 5) is 14.5. The van der Waals surface area contributed by atoms with E-state index < -0.39 is 0 Å². The third-order valence-corrected chi connectivity index (χ3v) is 4.45. The van der Waals surface area contributed by atoms with Crippen LogP contribution in [-0.2, 0) is 9.53 Å². The van der Waals surface area contributed by atoms with E-state index in [2.05, 4.69) is 12.2 Å². The molecule has 4 heteroatoms. The molecule has 4 nitrogen and oxygen atoms in total. The number of carbonyl (C=O) groups is 1. The fourth-order valence-electron chi connectivity index (χ4n) is 3.43. The topological polar surface area (TPSA) is 41.6 Å². The van der Waals surface area contributed by atoms with Crippen LogP contribution in [0.5, 0.6) is 0 Å². The number of hydrogen-bond donors (Lipinski definition) is 1. The highest BCUT2D eigenvalue weighted by Crippen LogP contribution is 2.36. The van der Waals surface area contributed by atoms with Crippen molar-refractivity contribution in [2.45, 2.75) is 56.7 Å². The Labute approximate surface area is 96.3 Å². The number of hydrogen-bond acceptors (Lipinski definition) is 3. The molecule has 2 unspecified atom stereocenters. The second-order valence-corrected chi connectivity index (χ2v) is 5.33. The van der Waals surface area contributed by atoms with Gasteiger partial charge in [0.05, 0.1) is 24.4 Å². The molecule has 1 saturated carbocycles. The summed E-state index contributed by atoms with van der Waals surface area (Å²) in [5, 5.41) is 3.45. The monoisotopic (exact) mass is 224 g/mol. The number of amides is 1. The van der Waals surface area contributed by atoms with E-state index in [-0.39, 0.29) is 11.6 Å². The van der Waals surface area contributed by atoms with Crippen molar-refractivity contribution in [2.24, 2.45) is 0 Å². The summed E-state index contributed by atoms with van der Waals surface area (Å²) in [5.41, 5.74) is -0.206. The zero-order valence-corrected chi connectivity index (χ0v) is 9.87. The van der Waals surface area contributed by atoms with E-state index in [0.29, 0.717) is 11.9 Å². The molecule has 1 N–H and O–H groups in total. The summed E-state index contributed by atoms with van der Waals surface area (Å²) in [7, 11) is 0. The van der Waals surface area contributed by atoms with Gasteiger partial charge in [0, 0.05) is 6.61 Å². The van der Waals surface area contributed by atoms with Crippen molar-refractivity contribution in [3.8, 4) is 0 Å². The van der Waals surface area contributed by atoms with Gasteiger partial charge in [-0.1, -0.05) is 12.8 Å². The molecular formula is C12H20N2O2. The minimum absolute atomic E-state index is 0.197. The molecule has 16 heavy (non-hydrogen) atoms. The van der Waals surface area contributed by atoms with E-state index >= 15 is 0 Å². The Hall–Kier alpha value is -0.610. The third-order valence-electron chi connectivity index (χ3n) is 4.45. The Kier molecular flexibility index (Phi) is 2.44. The molecule has 2 saturated heterocycles. The van der Waals surface area contributed by atoms with Gasteiger partial charge in [0.1, 0.15) is 0 Å². The molecule has 0 aromatic rings. The van der Waals surface area contributed by atoms with Crippen LogP contribution in [0.15, 0.2) is 0 Å². The minimum Gasteiger partial charge on any atom is -0.376 e. The summed E-state index contributed by atoms with van der Waals surface area (Å²) in [6, 6.07) is 0.292. The van der Waals surface area contributed by atoms with E-state index in [1.54, 1.807) is 0 Å². The molecule has 0 bridgehead atoms. The van der Waals surface area contributed by atoms with Crippen LogP contribution in [0, 0.1) is 0 Å². The molecule has 2 aliphatic heterocycles. The van der Waals surface area contributed by atoms with Crippen molar-refractivity contribution < 1.29 is 9.53 Å². The standard InChI is InChI=1S/C12H20N2O2/c1-9-10(4-7-16-9)14-8-13-12(11(14)15)5-2-3-6-12/h9-10,13H,2-8H2,1H3. The van der Waals surface area contributed by atoms with Gasteiger partial charge in [0.2, 0.25) is 5.91 Å². The Bertz CT molecular complexity index is 299. The third kappa shape index (κ3) is 1.39. The molecule has 90 valence electrons. The first kappa shape index (κ1) is 10.5. The van der Waals surface area contributed by atoms with Crippen LogP contribution in [0.25, 0.3) is 0 Å². The number of rotatable bonds is 1. The maximum atomic E-state index is 12.5. The fraction of sp³-hybridized carbons (Fsp3) is 0.917. The average molecular weight is 224 g/mol. The Morgan fingerprint density at radius 1 is 1.44 bits per heavy atom. The van der Waals surface area contributed by atoms with Crippen molar-refractivity contribution in [2.75, 3.05) is 13.3 Å². The van der Waals surface area contributed by atoms with Gasteiger partial charge in [-0.05, 0) is 26.2 Å². The highest BCUT2D eigenvalue weighted by molar-refractivity contribution is 5.89. The van der Waals surface area contributed by atoms with Crippen LogP contribution in [0.1, 0.15) is 39.0 Å². The van der Waals surface area contributed by atoms with Gasteiger partial charge in [-0.15, -0.1) is 0 Å². The largest absolute Gasteiger partial charge is 0.376 e. The van der Waals surface area contributed by atoms with Crippen molar-refractivity contribution in [3.63, 3.8) is 0 Å². The molecule has 0 aromatic heterocycles. The maximum absolute atomic E-state index is 12.5. The number of nitrogens with zero attached hydrogens (tertiary/aromatic N) is 1. The molecule has 2 atom stereocenters. The molecule has 3 aliphatic rings. The zero-order chi connectivity index (χ0) is 11.2. The normalized spacial score (nSPS) is 37.8. The van der Waals surface area contributed by atoms with Crippen molar-refractivity contribution in [3.05, 3.63) is 0 Å². The quantitative estimate of drug-likeness (QED) is 0.718. The van der Waals surface area contributed by atoms with Gasteiger partial charge >= 0.3 is 0 Å². The lowest BCUT2D eigenvalue weighted by molar-refractivity contribution is -0.135. The maximum Gasteiger partial charge on any atom is 0.244 e. The van der Waals surface area contributed by atoms with Crippen molar-refractivity contribution in [1.82, 2.24) is 10.2 Å². The second kappa shape index (κ2) is 3.70. The van der Waals surface area contributed by atoms with E-state index in [1.807, 2.05) is 4.90 Å². The second-order valence-electron chi connectivity index (χ2n) is 5.33. The van der Waals surface area contributed by atoms with Crippen LogP contribution in [0.3, 0.4) is 0 Å². The summed E-state index contributed by atoms with van der Waals surface area (Å²) in [6.07, 6.45) is 5.59. The van der Waals surface area contributed by atoms with Crippen LogP contribution >= 0.6 is 0 Å². The zero-order valence-electron chi connectivity index (χ0n) is 9.87. The number of carbonyl (C=O) groups excluding carboxylic acids is 1. The van der Waals surface area contributed by atoms with Gasteiger partial charge in [-0.25, -0.2) is 0 Å². The molecule has 1 aliphatic carbocycles. The Morgan fingerprint density at radius 3 is 2.81 bits per heavy atom. The molecule has 2 heterocycles. The van der Waals surface area contributed by atoms with Crippen LogP contribution < -0.4 is 5.32 Å². The fourth-order valence-corrected chi connectivity index (χ4v) is 3.43. The molecule has 1 spiro atoms. The van der Waals surface area contributed by atoms with Crippen LogP contribution in [0.2, 0.25) is 0 Å². The smallest absolute Gasteiger partial charge is 0.244 e. The predicted molar refractivity (Wildman–Crippen MR) is 59.9 cm³/mol. The SMILES string of the molecule is CC1OCCC1N1CNC2(CCCC2)C1=O. The lowest BCUT2D eigenvalue weighted by Crippen LogP contribution is -2.47. The van der Waals surface area contributed by atoms with Gasteiger partial charge in [-0.3, -0.25) is 10.1 Å². The van der Waals surface area contributed by atoms with Crippen molar-refractivity contribution >= 4 is 5.91 Å². The number of nitrogens with one attached hydrogen (secondary N) is 1. The first-order valence-electron chi connectivity index (χ1n) is 6.41. The Balaban J connectivity index is 1.76. The minimum atomic E-state index is -0.206. The molecule has 3 rings (SSSR count). The van der Waals surface area contributed by atoms with E-state index in [0.717, 1.165) is 32.5 Å². The first-order valence-corrected chi connectivity index (χ1v) is 6.41. The summed E-state index contributed by atoms with van der Waals surface area (Å²) in [6.45, 7) is 3.59. The van der Waals surface area contributed by atoms with Crippen LogP contribution in [0.4, 0.5) is 0 Å². The molecule has 1 amide bonds. The van der Waals surface area contributed by atoms with E-state index in [1.165, 1.54) is 12.8 Å². The lowest BCUT2D eigenvalue weighted by atomic mass is 9.97. The predicted octanol–water partition coefficient (Wildman–Crippen LogP) is 0.866. The molecule has 3 fully saturated rings. The lowest BCUT2D eigenvalue weighted by Gasteiger charge is -2.27. The van der Waals surface area contributed by atoms with Crippen LogP contribution in [-0.4, -0.2) is 41.8 Å². The molecule has 0 radical (unpaired) electrons. The molecular weight excluding hydrogens is 204 g/mol. The van der Waals surface area contributed by atoms with Gasteiger partial charge < -0.3 is 9.64 Å². The van der Waals surface area contributed by atoms with Crippen molar-refractivity contribution in [1.29, 1.82) is 0 Å². The van der Waals surface area contributed by atoms with E-state index in [4.69, 9.17) is 4.74 Å². The highest BCUT2D eigenvalue weighted by Gasteiger charge is 2.50. The van der Waals surface area contributed by atoms with Gasteiger partial charge in [0.15, 0.2) is 0 Å². The highest BCUT2D eigenvalue weighted by atomic mass is 16.5. The van der Waals surface area contributed by atoms with Gasteiger partial charge in [-0.2, -0.15) is 0 Å². The molecule has 0 aromatic carbocycles. The Morgan fingerprint density at radius 2 is 2.19 bits per heavy atom. The van der Waals surface area contributed by atoms with Gasteiger partial charge in [0.25, 0.3) is 0 Å². The summed E-state index contributed by atoms with van der Waals surface area (Å²) in [5.74, 6) is 0.326.